The topological polar surface area (TPSA) is 110 Å². The second-order valence-corrected chi connectivity index (χ2v) is 13.9. The number of aliphatic hydroxyl groups is 5. The van der Waals surface area contributed by atoms with E-state index in [9.17, 15) is 25.5 Å². The van der Waals surface area contributed by atoms with Gasteiger partial charge in [0.25, 0.3) is 0 Å². The van der Waals surface area contributed by atoms with E-state index in [0.717, 1.165) is 96.3 Å². The molecule has 0 aromatic rings. The molecule has 0 saturated carbocycles. The molecule has 0 aliphatic heterocycles. The Morgan fingerprint density at radius 2 is 0.875 bits per heavy atom. The average Bonchev–Trinajstić information content (AvgIpc) is 3.09. The normalized spacial score (nSPS) is 17.0. The van der Waals surface area contributed by atoms with E-state index in [1.165, 1.54) is 56.8 Å². The zero-order valence-electron chi connectivity index (χ0n) is 31.7. The molecule has 48 heavy (non-hydrogen) atoms. The first-order chi connectivity index (χ1) is 23.2. The fraction of sp³-hybridized carbons (Fsp3) is 0.810. The molecule has 0 rings (SSSR count). The number of unbranched alkanes of at least 4 members (excludes halogenated alkanes) is 20. The van der Waals surface area contributed by atoms with Gasteiger partial charge in [-0.15, -0.1) is 0 Å². The van der Waals surface area contributed by atoms with Gasteiger partial charge >= 0.3 is 0 Å². The van der Waals surface area contributed by atoms with Crippen LogP contribution in [0.2, 0.25) is 0 Å². The van der Waals surface area contributed by atoms with Gasteiger partial charge in [-0.2, -0.15) is 0 Å². The van der Waals surface area contributed by atoms with Gasteiger partial charge in [-0.3, -0.25) is 0 Å². The van der Waals surface area contributed by atoms with Crippen LogP contribution in [0.5, 0.6) is 0 Å². The molecule has 6 heteroatoms. The summed E-state index contributed by atoms with van der Waals surface area (Å²) in [7, 11) is 0. The molecule has 0 fully saturated rings. The third kappa shape index (κ3) is 19.1. The second-order valence-electron chi connectivity index (χ2n) is 13.9. The molecule has 0 aliphatic rings. The third-order valence-corrected chi connectivity index (χ3v) is 9.49. The molecule has 0 aliphatic carbocycles. The van der Waals surface area contributed by atoms with Crippen LogP contribution in [0.25, 0.3) is 0 Å². The highest BCUT2D eigenvalue weighted by Crippen LogP contribution is 2.40. The SMILES string of the molecule is CCCCCCCC=COCC(O)C(O)(C=CCCCCCCC)C(O)(C=CCCCCCCC)C(O)(C=CCCCCCCC)CO. The van der Waals surface area contributed by atoms with Crippen LogP contribution in [-0.4, -0.2) is 61.7 Å². The van der Waals surface area contributed by atoms with Crippen molar-refractivity contribution in [2.75, 3.05) is 13.2 Å². The van der Waals surface area contributed by atoms with Crippen LogP contribution in [0.1, 0.15) is 182 Å². The molecular weight excluding hydrogens is 600 g/mol. The first-order valence-electron chi connectivity index (χ1n) is 20.0. The molecule has 4 unspecified atom stereocenters. The standard InChI is InChI=1S/C42H78O6/c1-5-9-13-17-21-25-29-33-40(45,38-43)42(47,35-31-27-23-19-15-11-7-3)41(46,34-30-26-22-18-14-10-6-2)39(44)37-48-36-32-28-24-20-16-12-8-4/h29-36,39,43-47H,5-28,37-38H2,1-4H3. The van der Waals surface area contributed by atoms with Gasteiger partial charge in [0, 0.05) is 0 Å². The van der Waals surface area contributed by atoms with E-state index in [1.807, 2.05) is 6.08 Å². The summed E-state index contributed by atoms with van der Waals surface area (Å²) in [6, 6.07) is 0. The molecule has 4 atom stereocenters. The van der Waals surface area contributed by atoms with E-state index in [0.29, 0.717) is 19.3 Å². The zero-order chi connectivity index (χ0) is 35.8. The van der Waals surface area contributed by atoms with Gasteiger partial charge in [-0.25, -0.2) is 0 Å². The van der Waals surface area contributed by atoms with Gasteiger partial charge in [0.15, 0.2) is 5.60 Å². The van der Waals surface area contributed by atoms with E-state index in [4.69, 9.17) is 4.74 Å². The lowest BCUT2D eigenvalue weighted by molar-refractivity contribution is -0.229. The highest BCUT2D eigenvalue weighted by molar-refractivity contribution is 5.33. The van der Waals surface area contributed by atoms with Gasteiger partial charge in [0.1, 0.15) is 23.9 Å². The molecule has 282 valence electrons. The number of hydrogen-bond donors (Lipinski definition) is 5. The van der Waals surface area contributed by atoms with Crippen LogP contribution in [0, 0.1) is 0 Å². The van der Waals surface area contributed by atoms with E-state index in [-0.39, 0.29) is 6.61 Å². The first-order valence-corrected chi connectivity index (χ1v) is 20.0. The van der Waals surface area contributed by atoms with Crippen molar-refractivity contribution in [3.05, 3.63) is 48.8 Å². The smallest absolute Gasteiger partial charge is 0.152 e. The molecule has 6 nitrogen and oxygen atoms in total. The fourth-order valence-electron chi connectivity index (χ4n) is 6.08. The Hall–Kier alpha value is -1.44. The van der Waals surface area contributed by atoms with Crippen LogP contribution in [0.4, 0.5) is 0 Å². The lowest BCUT2D eigenvalue weighted by Gasteiger charge is -2.50. The number of rotatable bonds is 34. The molecule has 0 saturated heterocycles. The van der Waals surface area contributed by atoms with E-state index < -0.39 is 29.5 Å². The summed E-state index contributed by atoms with van der Waals surface area (Å²) >= 11 is 0. The molecule has 0 heterocycles. The lowest BCUT2D eigenvalue weighted by Crippen LogP contribution is -2.71. The summed E-state index contributed by atoms with van der Waals surface area (Å²) in [6.07, 6.45) is 36.4. The summed E-state index contributed by atoms with van der Waals surface area (Å²) in [4.78, 5) is 0. The minimum absolute atomic E-state index is 0.292. The summed E-state index contributed by atoms with van der Waals surface area (Å²) in [6.45, 7) is 7.59. The van der Waals surface area contributed by atoms with Crippen molar-refractivity contribution in [2.45, 2.75) is 205 Å². The minimum atomic E-state index is -2.44. The summed E-state index contributed by atoms with van der Waals surface area (Å²) < 4.78 is 5.69. The van der Waals surface area contributed by atoms with Crippen molar-refractivity contribution in [3.8, 4) is 0 Å². The first kappa shape index (κ1) is 46.6. The van der Waals surface area contributed by atoms with Gasteiger partial charge in [0.05, 0.1) is 12.9 Å². The minimum Gasteiger partial charge on any atom is -0.499 e. The van der Waals surface area contributed by atoms with Crippen molar-refractivity contribution in [3.63, 3.8) is 0 Å². The molecular formula is C42H78O6. The number of aliphatic hydroxyl groups excluding tert-OH is 2. The predicted molar refractivity (Wildman–Crippen MR) is 204 cm³/mol. The third-order valence-electron chi connectivity index (χ3n) is 9.49. The second kappa shape index (κ2) is 30.4. The molecule has 0 amide bonds. The van der Waals surface area contributed by atoms with Crippen LogP contribution >= 0.6 is 0 Å². The van der Waals surface area contributed by atoms with E-state index >= 15 is 0 Å². The van der Waals surface area contributed by atoms with Gasteiger partial charge in [-0.1, -0.05) is 167 Å². The Bertz CT molecular complexity index is 838. The molecule has 0 aromatic carbocycles. The maximum Gasteiger partial charge on any atom is 0.152 e. The summed E-state index contributed by atoms with van der Waals surface area (Å²) in [5, 5.41) is 59.0. The highest BCUT2D eigenvalue weighted by Gasteiger charge is 2.61. The maximum absolute atomic E-state index is 12.5. The van der Waals surface area contributed by atoms with Crippen molar-refractivity contribution in [1.29, 1.82) is 0 Å². The Kier molecular flexibility index (Phi) is 29.5. The summed E-state index contributed by atoms with van der Waals surface area (Å²) in [5.41, 5.74) is -7.06. The quantitative estimate of drug-likeness (QED) is 0.0263. The Morgan fingerprint density at radius 3 is 1.29 bits per heavy atom. The highest BCUT2D eigenvalue weighted by atomic mass is 16.5. The van der Waals surface area contributed by atoms with E-state index in [2.05, 4.69) is 27.7 Å². The van der Waals surface area contributed by atoms with Gasteiger partial charge < -0.3 is 30.3 Å². The van der Waals surface area contributed by atoms with Crippen LogP contribution in [-0.2, 0) is 4.74 Å². The van der Waals surface area contributed by atoms with Crippen molar-refractivity contribution in [2.24, 2.45) is 0 Å². The van der Waals surface area contributed by atoms with Crippen molar-refractivity contribution >= 4 is 0 Å². The molecule has 5 N–H and O–H groups in total. The van der Waals surface area contributed by atoms with Crippen molar-refractivity contribution < 1.29 is 30.3 Å². The number of ether oxygens (including phenoxy) is 1. The Morgan fingerprint density at radius 1 is 0.500 bits per heavy atom. The van der Waals surface area contributed by atoms with Gasteiger partial charge in [-0.05, 0) is 57.4 Å². The molecule has 0 radical (unpaired) electrons. The molecule has 0 aromatic heterocycles. The number of allylic oxidation sites excluding steroid dienone is 4. The van der Waals surface area contributed by atoms with Crippen LogP contribution in [0.15, 0.2) is 48.8 Å². The Labute approximate surface area is 296 Å². The van der Waals surface area contributed by atoms with E-state index in [1.54, 1.807) is 24.5 Å². The largest absolute Gasteiger partial charge is 0.499 e. The van der Waals surface area contributed by atoms with Crippen molar-refractivity contribution in [1.82, 2.24) is 0 Å². The van der Waals surface area contributed by atoms with Crippen LogP contribution in [0.3, 0.4) is 0 Å². The zero-order valence-corrected chi connectivity index (χ0v) is 31.7. The van der Waals surface area contributed by atoms with Crippen LogP contribution < -0.4 is 0 Å². The monoisotopic (exact) mass is 679 g/mol. The predicted octanol–water partition coefficient (Wildman–Crippen LogP) is 10.2. The summed E-state index contributed by atoms with van der Waals surface area (Å²) in [5.74, 6) is 0. The fourth-order valence-corrected chi connectivity index (χ4v) is 6.08. The average molecular weight is 679 g/mol. The maximum atomic E-state index is 12.5. The molecule has 0 bridgehead atoms. The number of hydrogen-bond acceptors (Lipinski definition) is 6. The molecule has 0 spiro atoms. The lowest BCUT2D eigenvalue weighted by atomic mass is 9.67. The van der Waals surface area contributed by atoms with Gasteiger partial charge in [0.2, 0.25) is 0 Å². The Balaban J connectivity index is 6.26.